The summed E-state index contributed by atoms with van der Waals surface area (Å²) >= 11 is 0. The molecule has 0 amide bonds. The van der Waals surface area contributed by atoms with E-state index in [1.54, 1.807) is 0 Å². The fraction of sp³-hybridized carbons (Fsp3) is 0.0909. The minimum Gasteiger partial charge on any atom is -0.290 e. The molecule has 3 atom stereocenters. The first-order chi connectivity index (χ1) is 22.4. The van der Waals surface area contributed by atoms with Crippen molar-refractivity contribution < 1.29 is 9.59 Å². The molecule has 7 aromatic carbocycles. The van der Waals surface area contributed by atoms with E-state index >= 15 is 0 Å². The van der Waals surface area contributed by atoms with Crippen LogP contribution in [0.5, 0.6) is 0 Å². The number of benzene rings is 7. The number of hydrogen-bond acceptors (Lipinski definition) is 2. The summed E-state index contributed by atoms with van der Waals surface area (Å²) in [6, 6.07) is 44.1. The first kappa shape index (κ1) is 25.7. The van der Waals surface area contributed by atoms with Gasteiger partial charge in [0, 0.05) is 5.41 Å². The van der Waals surface area contributed by atoms with Crippen LogP contribution in [-0.4, -0.2) is 11.6 Å². The van der Waals surface area contributed by atoms with Crippen molar-refractivity contribution in [1.82, 2.24) is 0 Å². The maximum atomic E-state index is 13.3. The second-order valence-electron chi connectivity index (χ2n) is 13.4. The fourth-order valence-corrected chi connectivity index (χ4v) is 8.51. The molecule has 4 aliphatic rings. The third-order valence-electron chi connectivity index (χ3n) is 10.9. The average Bonchev–Trinajstić information content (AvgIpc) is 3.49. The summed E-state index contributed by atoms with van der Waals surface area (Å²) in [5.74, 6) is -1.41. The summed E-state index contributed by atoms with van der Waals surface area (Å²) < 4.78 is 0. The van der Waals surface area contributed by atoms with E-state index in [2.05, 4.69) is 134 Å². The molecule has 2 nitrogen and oxygen atoms in total. The monoisotopic (exact) mass is 588 g/mol. The highest BCUT2D eigenvalue weighted by molar-refractivity contribution is 6.44. The normalized spacial score (nSPS) is 21.4. The molecule has 11 rings (SSSR count). The number of carbonyl (C=O) groups excluding carboxylic acids is 2. The number of Topliss-reactive ketones (excluding diaryl/α,β-unsaturated/α-hetero) is 2. The van der Waals surface area contributed by atoms with Crippen molar-refractivity contribution >= 4 is 54.7 Å². The van der Waals surface area contributed by atoms with E-state index < -0.39 is 17.3 Å². The predicted molar refractivity (Wildman–Crippen MR) is 188 cm³/mol. The Morgan fingerprint density at radius 1 is 0.478 bits per heavy atom. The second kappa shape index (κ2) is 8.99. The largest absolute Gasteiger partial charge is 0.290 e. The lowest BCUT2D eigenvalue weighted by molar-refractivity contribution is -0.141. The number of fused-ring (bicyclic) bond motifs is 5. The van der Waals surface area contributed by atoms with Gasteiger partial charge in [0.05, 0.1) is 11.8 Å². The van der Waals surface area contributed by atoms with Crippen LogP contribution in [-0.2, 0) is 9.59 Å². The van der Waals surface area contributed by atoms with Gasteiger partial charge in [0.2, 0.25) is 11.6 Å². The van der Waals surface area contributed by atoms with E-state index in [-0.39, 0.29) is 11.6 Å². The SMILES string of the molecule is CC12C=CC=C1C1C(=O)C(=O)C2c2cc(-c3ccc4cc5cc(-c6ccc7cc8ccccc8cc7c6)ccc5cc4c3)ccc21. The van der Waals surface area contributed by atoms with Gasteiger partial charge in [-0.1, -0.05) is 104 Å². The summed E-state index contributed by atoms with van der Waals surface area (Å²) in [7, 11) is 0. The van der Waals surface area contributed by atoms with Gasteiger partial charge >= 0.3 is 0 Å². The van der Waals surface area contributed by atoms with Crippen molar-refractivity contribution in [2.24, 2.45) is 5.41 Å². The van der Waals surface area contributed by atoms with Gasteiger partial charge in [0.25, 0.3) is 0 Å². The van der Waals surface area contributed by atoms with E-state index in [1.165, 1.54) is 54.2 Å². The molecule has 46 heavy (non-hydrogen) atoms. The molecule has 0 N–H and O–H groups in total. The molecular formula is C44H28O2. The van der Waals surface area contributed by atoms with Crippen molar-refractivity contribution in [2.75, 3.05) is 0 Å². The van der Waals surface area contributed by atoms with Crippen molar-refractivity contribution in [1.29, 1.82) is 0 Å². The Balaban J connectivity index is 1.03. The third kappa shape index (κ3) is 3.47. The molecule has 216 valence electrons. The lowest BCUT2D eigenvalue weighted by atomic mass is 9.52. The zero-order valence-corrected chi connectivity index (χ0v) is 25.3. The van der Waals surface area contributed by atoms with Gasteiger partial charge in [-0.25, -0.2) is 0 Å². The molecule has 1 fully saturated rings. The predicted octanol–water partition coefficient (Wildman–Crippen LogP) is 10.5. The van der Waals surface area contributed by atoms with Gasteiger partial charge < -0.3 is 0 Å². The van der Waals surface area contributed by atoms with Crippen LogP contribution in [0.3, 0.4) is 0 Å². The van der Waals surface area contributed by atoms with E-state index in [1.807, 2.05) is 12.2 Å². The molecular weight excluding hydrogens is 560 g/mol. The van der Waals surface area contributed by atoms with Crippen LogP contribution in [0, 0.1) is 5.41 Å². The minimum atomic E-state index is -0.455. The number of carbonyl (C=O) groups is 2. The molecule has 3 unspecified atom stereocenters. The number of allylic oxidation sites excluding steroid dienone is 4. The molecule has 0 saturated heterocycles. The Morgan fingerprint density at radius 3 is 1.52 bits per heavy atom. The molecule has 7 aromatic rings. The van der Waals surface area contributed by atoms with Gasteiger partial charge in [-0.15, -0.1) is 0 Å². The topological polar surface area (TPSA) is 34.1 Å². The molecule has 0 radical (unpaired) electrons. The Kier molecular flexibility index (Phi) is 5.02. The summed E-state index contributed by atoms with van der Waals surface area (Å²) in [6.45, 7) is 2.11. The number of hydrogen-bond donors (Lipinski definition) is 0. The van der Waals surface area contributed by atoms with E-state index in [4.69, 9.17) is 0 Å². The van der Waals surface area contributed by atoms with E-state index in [0.29, 0.717) is 0 Å². The first-order valence-corrected chi connectivity index (χ1v) is 16.0. The molecule has 1 saturated carbocycles. The fourth-order valence-electron chi connectivity index (χ4n) is 8.51. The smallest absolute Gasteiger partial charge is 0.210 e. The third-order valence-corrected chi connectivity index (χ3v) is 10.9. The van der Waals surface area contributed by atoms with Crippen LogP contribution in [0.25, 0.3) is 65.3 Å². The lowest BCUT2D eigenvalue weighted by Gasteiger charge is -2.48. The second-order valence-corrected chi connectivity index (χ2v) is 13.4. The van der Waals surface area contributed by atoms with Crippen molar-refractivity contribution in [3.8, 4) is 22.3 Å². The minimum absolute atomic E-state index is 0.248. The van der Waals surface area contributed by atoms with E-state index in [9.17, 15) is 9.59 Å². The quantitative estimate of drug-likeness (QED) is 0.149. The van der Waals surface area contributed by atoms with Crippen LogP contribution in [0.4, 0.5) is 0 Å². The van der Waals surface area contributed by atoms with Crippen LogP contribution >= 0.6 is 0 Å². The molecule has 0 aromatic heterocycles. The Labute approximate surface area is 266 Å². The van der Waals surface area contributed by atoms with Crippen LogP contribution in [0.2, 0.25) is 0 Å². The highest BCUT2D eigenvalue weighted by Crippen LogP contribution is 2.61. The number of ketones is 2. The van der Waals surface area contributed by atoms with Crippen LogP contribution < -0.4 is 0 Å². The summed E-state index contributed by atoms with van der Waals surface area (Å²) in [5.41, 5.74) is 7.26. The lowest BCUT2D eigenvalue weighted by Crippen LogP contribution is -2.49. The summed E-state index contributed by atoms with van der Waals surface area (Å²) in [4.78, 5) is 26.3. The molecule has 4 aliphatic carbocycles. The highest BCUT2D eigenvalue weighted by atomic mass is 16.2. The first-order valence-electron chi connectivity index (χ1n) is 16.0. The summed E-state index contributed by atoms with van der Waals surface area (Å²) in [6.07, 6.45) is 6.15. The van der Waals surface area contributed by atoms with Crippen LogP contribution in [0.15, 0.2) is 145 Å². The van der Waals surface area contributed by atoms with E-state index in [0.717, 1.165) is 27.8 Å². The maximum Gasteiger partial charge on any atom is 0.210 e. The zero-order valence-electron chi connectivity index (χ0n) is 25.3. The van der Waals surface area contributed by atoms with Gasteiger partial charge in [-0.2, -0.15) is 0 Å². The highest BCUT2D eigenvalue weighted by Gasteiger charge is 2.59. The van der Waals surface area contributed by atoms with Gasteiger partial charge in [0.15, 0.2) is 0 Å². The Hall–Kier alpha value is -5.60. The van der Waals surface area contributed by atoms with Gasteiger partial charge in [-0.05, 0) is 125 Å². The number of rotatable bonds is 2. The Morgan fingerprint density at radius 2 is 0.957 bits per heavy atom. The van der Waals surface area contributed by atoms with Gasteiger partial charge in [-0.3, -0.25) is 9.59 Å². The molecule has 0 heterocycles. The standard InChI is InChI=1S/C44H28O2/c1-44-16-4-7-39(44)40-37-15-14-33(24-38(37)41(44)43(46)42(40)45)29-10-13-32-22-35-20-28(9-12-31(35)23-36(32)21-29)27-8-11-30-17-25-5-2-3-6-26(25)18-34(30)19-27/h2-24,40-41H,1H3. The molecule has 0 aliphatic heterocycles. The zero-order chi connectivity index (χ0) is 30.7. The molecule has 0 spiro atoms. The molecule has 2 heteroatoms. The average molecular weight is 589 g/mol. The van der Waals surface area contributed by atoms with Crippen molar-refractivity contribution in [3.63, 3.8) is 0 Å². The van der Waals surface area contributed by atoms with Crippen molar-refractivity contribution in [3.05, 3.63) is 156 Å². The van der Waals surface area contributed by atoms with Crippen molar-refractivity contribution in [2.45, 2.75) is 18.8 Å². The summed E-state index contributed by atoms with van der Waals surface area (Å²) in [5, 5.41) is 9.81. The molecule has 2 bridgehead atoms. The maximum absolute atomic E-state index is 13.3. The van der Waals surface area contributed by atoms with Crippen LogP contribution in [0.1, 0.15) is 29.9 Å². The Bertz CT molecular complexity index is 2600. The van der Waals surface area contributed by atoms with Gasteiger partial charge in [0.1, 0.15) is 0 Å².